The van der Waals surface area contributed by atoms with E-state index in [9.17, 15) is 22.8 Å². The average Bonchev–Trinajstić information content (AvgIpc) is 3.13. The number of benzene rings is 1. The quantitative estimate of drug-likeness (QED) is 0.562. The van der Waals surface area contributed by atoms with Gasteiger partial charge >= 0.3 is 12.1 Å². The number of piperidine rings is 1. The monoisotopic (exact) mass is 492 g/mol. The van der Waals surface area contributed by atoms with Crippen LogP contribution in [0.15, 0.2) is 33.6 Å². The molecule has 12 heteroatoms. The molecule has 0 saturated carbocycles. The number of likely N-dealkylation sites (tertiary alicyclic amines) is 1. The van der Waals surface area contributed by atoms with Crippen LogP contribution in [-0.4, -0.2) is 99.4 Å². The number of esters is 1. The molecule has 0 bridgehead atoms. The molecular formula is C22H28N4O7S. The first-order chi connectivity index (χ1) is 16.3. The maximum absolute atomic E-state index is 12.5. The normalized spacial score (nSPS) is 19.9. The van der Waals surface area contributed by atoms with Crippen molar-refractivity contribution >= 4 is 33.8 Å². The number of nitrogens with zero attached hydrogens (tertiary/aromatic N) is 4. The standard InChI is InChI=1S/C22H28N4O7S/c1-2-32-22(29)26-13-11-24(12-14-26)19(27)15-33-21(28)16-7-9-25(10-8-16)20-17-5-3-4-6-18(17)34(30,31)23-20/h3-6,16H,2,7-15H2,1H3. The van der Waals surface area contributed by atoms with Gasteiger partial charge in [-0.05, 0) is 31.9 Å². The van der Waals surface area contributed by atoms with Crippen molar-refractivity contribution in [2.24, 2.45) is 10.3 Å². The molecule has 4 rings (SSSR count). The lowest BCUT2D eigenvalue weighted by Crippen LogP contribution is -2.51. The van der Waals surface area contributed by atoms with Crippen LogP contribution < -0.4 is 0 Å². The number of ether oxygens (including phenoxy) is 2. The smallest absolute Gasteiger partial charge is 0.409 e. The van der Waals surface area contributed by atoms with E-state index < -0.39 is 22.1 Å². The van der Waals surface area contributed by atoms with Gasteiger partial charge in [0.15, 0.2) is 12.4 Å². The highest BCUT2D eigenvalue weighted by molar-refractivity contribution is 7.90. The lowest BCUT2D eigenvalue weighted by Gasteiger charge is -2.34. The molecular weight excluding hydrogens is 464 g/mol. The van der Waals surface area contributed by atoms with Crippen molar-refractivity contribution < 1.29 is 32.3 Å². The fraction of sp³-hybridized carbons (Fsp3) is 0.545. The highest BCUT2D eigenvalue weighted by Crippen LogP contribution is 2.29. The van der Waals surface area contributed by atoms with Crippen LogP contribution in [0.25, 0.3) is 0 Å². The molecule has 0 aliphatic carbocycles. The van der Waals surface area contributed by atoms with Crippen LogP contribution in [0.2, 0.25) is 0 Å². The molecule has 0 spiro atoms. The molecule has 3 aliphatic rings. The Balaban J connectivity index is 1.23. The number of amidine groups is 1. The van der Waals surface area contributed by atoms with Crippen molar-refractivity contribution in [3.63, 3.8) is 0 Å². The minimum atomic E-state index is -3.69. The first-order valence-electron chi connectivity index (χ1n) is 11.4. The summed E-state index contributed by atoms with van der Waals surface area (Å²) in [5.74, 6) is -0.672. The Morgan fingerprint density at radius 1 is 0.971 bits per heavy atom. The third-order valence-corrected chi connectivity index (χ3v) is 7.56. The zero-order valence-electron chi connectivity index (χ0n) is 19.0. The molecule has 3 aliphatic heterocycles. The molecule has 184 valence electrons. The number of sulfonamides is 1. The summed E-state index contributed by atoms with van der Waals surface area (Å²) in [6.45, 7) is 4.10. The molecule has 2 fully saturated rings. The van der Waals surface area contributed by atoms with Gasteiger partial charge in [0.05, 0.1) is 12.5 Å². The summed E-state index contributed by atoms with van der Waals surface area (Å²) >= 11 is 0. The summed E-state index contributed by atoms with van der Waals surface area (Å²) < 4.78 is 38.8. The molecule has 3 heterocycles. The fourth-order valence-electron chi connectivity index (χ4n) is 4.34. The van der Waals surface area contributed by atoms with Gasteiger partial charge in [0.25, 0.3) is 15.9 Å². The van der Waals surface area contributed by atoms with Crippen molar-refractivity contribution in [3.8, 4) is 0 Å². The summed E-state index contributed by atoms with van der Waals surface area (Å²) in [5.41, 5.74) is 0.581. The Labute approximate surface area is 198 Å². The Hall–Kier alpha value is -3.15. The van der Waals surface area contributed by atoms with Crippen molar-refractivity contribution in [3.05, 3.63) is 29.8 Å². The van der Waals surface area contributed by atoms with E-state index in [4.69, 9.17) is 9.47 Å². The van der Waals surface area contributed by atoms with E-state index >= 15 is 0 Å². The predicted octanol–water partition coefficient (Wildman–Crippen LogP) is 0.691. The van der Waals surface area contributed by atoms with E-state index in [0.717, 1.165) is 0 Å². The minimum Gasteiger partial charge on any atom is -0.455 e. The Morgan fingerprint density at radius 3 is 2.29 bits per heavy atom. The number of fused-ring (bicyclic) bond motifs is 1. The summed E-state index contributed by atoms with van der Waals surface area (Å²) in [7, 11) is -3.69. The Morgan fingerprint density at radius 2 is 1.62 bits per heavy atom. The van der Waals surface area contributed by atoms with Crippen LogP contribution >= 0.6 is 0 Å². The lowest BCUT2D eigenvalue weighted by atomic mass is 9.96. The van der Waals surface area contributed by atoms with Gasteiger partial charge in [0, 0.05) is 44.8 Å². The first-order valence-corrected chi connectivity index (χ1v) is 12.8. The van der Waals surface area contributed by atoms with Crippen LogP contribution in [-0.2, 0) is 29.1 Å². The fourth-order valence-corrected chi connectivity index (χ4v) is 5.57. The highest BCUT2D eigenvalue weighted by atomic mass is 32.2. The topological polar surface area (TPSA) is 126 Å². The van der Waals surface area contributed by atoms with Crippen molar-refractivity contribution in [1.82, 2.24) is 14.7 Å². The number of amides is 2. The van der Waals surface area contributed by atoms with E-state index in [2.05, 4.69) is 4.40 Å². The number of carbonyl (C=O) groups excluding carboxylic acids is 3. The number of rotatable bonds is 4. The van der Waals surface area contributed by atoms with E-state index in [1.807, 2.05) is 4.90 Å². The SMILES string of the molecule is CCOC(=O)N1CCN(C(=O)COC(=O)C2CCN(C3=NS(=O)(=O)c4ccccc43)CC2)CC1. The lowest BCUT2D eigenvalue weighted by molar-refractivity contribution is -0.157. The summed E-state index contributed by atoms with van der Waals surface area (Å²) in [6, 6.07) is 6.71. The van der Waals surface area contributed by atoms with Crippen LogP contribution in [0.5, 0.6) is 0 Å². The highest BCUT2D eigenvalue weighted by Gasteiger charge is 2.35. The molecule has 0 unspecified atom stereocenters. The number of hydrogen-bond donors (Lipinski definition) is 0. The predicted molar refractivity (Wildman–Crippen MR) is 121 cm³/mol. The zero-order chi connectivity index (χ0) is 24.3. The van der Waals surface area contributed by atoms with Crippen LogP contribution in [0.3, 0.4) is 0 Å². The van der Waals surface area contributed by atoms with Gasteiger partial charge in [0.1, 0.15) is 4.90 Å². The second-order valence-electron chi connectivity index (χ2n) is 8.32. The van der Waals surface area contributed by atoms with Gasteiger partial charge in [-0.15, -0.1) is 4.40 Å². The molecule has 0 atom stereocenters. The molecule has 11 nitrogen and oxygen atoms in total. The Bertz CT molecular complexity index is 1090. The second kappa shape index (κ2) is 10.00. The van der Waals surface area contributed by atoms with Gasteiger partial charge < -0.3 is 24.2 Å². The molecule has 2 amide bonds. The largest absolute Gasteiger partial charge is 0.455 e. The van der Waals surface area contributed by atoms with Gasteiger partial charge in [-0.2, -0.15) is 8.42 Å². The van der Waals surface area contributed by atoms with E-state index in [-0.39, 0.29) is 23.3 Å². The van der Waals surface area contributed by atoms with Gasteiger partial charge in [-0.3, -0.25) is 9.59 Å². The van der Waals surface area contributed by atoms with Crippen LogP contribution in [0.1, 0.15) is 25.3 Å². The van der Waals surface area contributed by atoms with Crippen molar-refractivity contribution in [2.45, 2.75) is 24.7 Å². The van der Waals surface area contributed by atoms with Crippen molar-refractivity contribution in [1.29, 1.82) is 0 Å². The first kappa shape index (κ1) is 24.0. The number of piperazine rings is 1. The maximum Gasteiger partial charge on any atom is 0.409 e. The molecule has 0 aromatic heterocycles. The summed E-state index contributed by atoms with van der Waals surface area (Å²) in [4.78, 5) is 41.9. The second-order valence-corrected chi connectivity index (χ2v) is 9.89. The summed E-state index contributed by atoms with van der Waals surface area (Å²) in [6.07, 6.45) is 0.566. The summed E-state index contributed by atoms with van der Waals surface area (Å²) in [5, 5.41) is 0. The molecule has 2 saturated heterocycles. The van der Waals surface area contributed by atoms with Gasteiger partial charge in [0.2, 0.25) is 0 Å². The molecule has 1 aromatic carbocycles. The van der Waals surface area contributed by atoms with Crippen LogP contribution in [0.4, 0.5) is 4.79 Å². The molecule has 1 aromatic rings. The Kier molecular flexibility index (Phi) is 7.05. The number of hydrogen-bond acceptors (Lipinski definition) is 8. The number of carbonyl (C=O) groups is 3. The van der Waals surface area contributed by atoms with Crippen molar-refractivity contribution in [2.75, 3.05) is 52.5 Å². The third-order valence-electron chi connectivity index (χ3n) is 6.24. The van der Waals surface area contributed by atoms with E-state index in [1.165, 1.54) is 0 Å². The van der Waals surface area contributed by atoms with E-state index in [1.54, 1.807) is 41.0 Å². The molecule has 0 N–H and O–H groups in total. The van der Waals surface area contributed by atoms with Gasteiger partial charge in [-0.25, -0.2) is 4.79 Å². The average molecular weight is 493 g/mol. The molecule has 34 heavy (non-hydrogen) atoms. The zero-order valence-corrected chi connectivity index (χ0v) is 19.8. The van der Waals surface area contributed by atoms with Crippen LogP contribution in [0, 0.1) is 5.92 Å². The van der Waals surface area contributed by atoms with Gasteiger partial charge in [-0.1, -0.05) is 12.1 Å². The minimum absolute atomic E-state index is 0.202. The van der Waals surface area contributed by atoms with E-state index in [0.29, 0.717) is 70.1 Å². The maximum atomic E-state index is 12.5. The molecule has 0 radical (unpaired) electrons. The third kappa shape index (κ3) is 5.01.